The third-order valence-corrected chi connectivity index (χ3v) is 3.87. The van der Waals surface area contributed by atoms with Crippen molar-refractivity contribution >= 4 is 5.95 Å². The fourth-order valence-electron chi connectivity index (χ4n) is 2.64. The van der Waals surface area contributed by atoms with Crippen LogP contribution in [0.5, 0.6) is 0 Å². The summed E-state index contributed by atoms with van der Waals surface area (Å²) < 4.78 is 0. The number of nitrogens with zero attached hydrogens (tertiary/aromatic N) is 4. The van der Waals surface area contributed by atoms with Crippen molar-refractivity contribution in [2.45, 2.75) is 0 Å². The van der Waals surface area contributed by atoms with Gasteiger partial charge in [0.2, 0.25) is 5.95 Å². The molecule has 0 aliphatic rings. The maximum absolute atomic E-state index is 5.90. The first kappa shape index (κ1) is 17.7. The zero-order chi connectivity index (χ0) is 17.1. The Morgan fingerprint density at radius 2 is 1.27 bits per heavy atom. The minimum absolute atomic E-state index is 0. The summed E-state index contributed by atoms with van der Waals surface area (Å²) in [6, 6.07) is 19.7. The van der Waals surface area contributed by atoms with Crippen molar-refractivity contribution in [2.75, 3.05) is 5.73 Å². The molecule has 3 heterocycles. The summed E-state index contributed by atoms with van der Waals surface area (Å²) in [4.78, 5) is 17.0. The van der Waals surface area contributed by atoms with E-state index in [1.807, 2.05) is 48.5 Å². The van der Waals surface area contributed by atoms with Crippen LogP contribution in [0.25, 0.3) is 33.8 Å². The minimum atomic E-state index is 0. The van der Waals surface area contributed by atoms with Crippen molar-refractivity contribution in [1.82, 2.24) is 19.9 Å². The second-order valence-electron chi connectivity index (χ2n) is 5.52. The summed E-state index contributed by atoms with van der Waals surface area (Å²) in [6.45, 7) is 0. The largest absolute Gasteiger partial charge is 0.368 e. The second kappa shape index (κ2) is 7.87. The molecule has 0 aliphatic carbocycles. The molecule has 4 aromatic rings. The molecule has 0 bridgehead atoms. The molecule has 0 unspecified atom stereocenters. The number of nitrogens with two attached hydrogens (primary N) is 1. The maximum atomic E-state index is 5.90. The van der Waals surface area contributed by atoms with E-state index < -0.39 is 0 Å². The number of nitrogen functional groups attached to an aromatic ring is 1. The predicted octanol–water partition coefficient (Wildman–Crippen LogP) is 3.85. The van der Waals surface area contributed by atoms with Gasteiger partial charge in [-0.05, 0) is 41.5 Å². The normalized spacial score (nSPS) is 10.2. The van der Waals surface area contributed by atoms with E-state index in [-0.39, 0.29) is 23.0 Å². The van der Waals surface area contributed by atoms with Crippen LogP contribution >= 0.6 is 0 Å². The van der Waals surface area contributed by atoms with E-state index in [0.717, 1.165) is 28.1 Å². The molecular formula is C20H15CuN5. The van der Waals surface area contributed by atoms with Gasteiger partial charge < -0.3 is 5.73 Å². The van der Waals surface area contributed by atoms with Crippen LogP contribution in [-0.4, -0.2) is 19.9 Å². The van der Waals surface area contributed by atoms with E-state index >= 15 is 0 Å². The molecule has 2 N–H and O–H groups in total. The van der Waals surface area contributed by atoms with Gasteiger partial charge in [0.15, 0.2) is 0 Å². The van der Waals surface area contributed by atoms with Crippen molar-refractivity contribution in [1.29, 1.82) is 0 Å². The zero-order valence-electron chi connectivity index (χ0n) is 13.7. The first-order valence-corrected chi connectivity index (χ1v) is 7.86. The molecule has 0 aliphatic heterocycles. The summed E-state index contributed by atoms with van der Waals surface area (Å²) >= 11 is 0. The number of pyridine rings is 2. The van der Waals surface area contributed by atoms with Crippen molar-refractivity contribution in [3.63, 3.8) is 0 Å². The molecule has 4 rings (SSSR count). The van der Waals surface area contributed by atoms with E-state index in [4.69, 9.17) is 5.73 Å². The number of anilines is 1. The van der Waals surface area contributed by atoms with Gasteiger partial charge >= 0.3 is 0 Å². The third kappa shape index (κ3) is 3.77. The fraction of sp³-hybridized carbons (Fsp3) is 0. The predicted molar refractivity (Wildman–Crippen MR) is 98.3 cm³/mol. The summed E-state index contributed by atoms with van der Waals surface area (Å²) in [7, 11) is 0. The molecule has 3 aromatic heterocycles. The van der Waals surface area contributed by atoms with E-state index in [2.05, 4.69) is 32.1 Å². The second-order valence-corrected chi connectivity index (χ2v) is 5.52. The average Bonchev–Trinajstić information content (AvgIpc) is 2.69. The van der Waals surface area contributed by atoms with Gasteiger partial charge in [-0.15, -0.1) is 0 Å². The summed E-state index contributed by atoms with van der Waals surface area (Å²) in [6.07, 6.45) is 5.30. The van der Waals surface area contributed by atoms with Gasteiger partial charge in [0.1, 0.15) is 0 Å². The number of benzene rings is 1. The number of rotatable bonds is 3. The Balaban J connectivity index is 0.00000196. The maximum Gasteiger partial charge on any atom is 0.221 e. The van der Waals surface area contributed by atoms with Crippen LogP contribution in [0, 0.1) is 0 Å². The van der Waals surface area contributed by atoms with Crippen LogP contribution in [0.4, 0.5) is 5.95 Å². The molecule has 26 heavy (non-hydrogen) atoms. The van der Waals surface area contributed by atoms with Crippen molar-refractivity contribution in [3.05, 3.63) is 79.3 Å². The molecule has 0 amide bonds. The summed E-state index contributed by atoms with van der Waals surface area (Å²) in [5.74, 6) is 0.233. The molecule has 0 atom stereocenters. The Morgan fingerprint density at radius 3 is 1.96 bits per heavy atom. The quantitative estimate of drug-likeness (QED) is 0.539. The average molecular weight is 389 g/mol. The van der Waals surface area contributed by atoms with Crippen molar-refractivity contribution < 1.29 is 17.1 Å². The SMILES string of the molecule is Nc1nc(-c2ccc(-c3ccncc3)cc2)cc(-c2ccccn2)n1.[Cu]. The Morgan fingerprint density at radius 1 is 0.615 bits per heavy atom. The minimum Gasteiger partial charge on any atom is -0.368 e. The van der Waals surface area contributed by atoms with Crippen LogP contribution in [0.1, 0.15) is 0 Å². The van der Waals surface area contributed by atoms with Crippen LogP contribution in [0.2, 0.25) is 0 Å². The molecule has 131 valence electrons. The van der Waals surface area contributed by atoms with Crippen LogP contribution in [0.3, 0.4) is 0 Å². The van der Waals surface area contributed by atoms with Crippen molar-refractivity contribution in [2.24, 2.45) is 0 Å². The topological polar surface area (TPSA) is 77.6 Å². The van der Waals surface area contributed by atoms with Crippen LogP contribution in [-0.2, 0) is 17.1 Å². The zero-order valence-corrected chi connectivity index (χ0v) is 14.6. The fourth-order valence-corrected chi connectivity index (χ4v) is 2.64. The van der Waals surface area contributed by atoms with E-state index in [9.17, 15) is 0 Å². The van der Waals surface area contributed by atoms with Gasteiger partial charge in [-0.2, -0.15) is 0 Å². The van der Waals surface area contributed by atoms with Crippen LogP contribution < -0.4 is 5.73 Å². The molecule has 0 spiro atoms. The molecule has 0 fully saturated rings. The van der Waals surface area contributed by atoms with Gasteiger partial charge in [-0.1, -0.05) is 30.3 Å². The number of hydrogen-bond donors (Lipinski definition) is 1. The Kier molecular flexibility index (Phi) is 5.37. The molecule has 0 saturated heterocycles. The summed E-state index contributed by atoms with van der Waals surface area (Å²) in [5, 5.41) is 0. The van der Waals surface area contributed by atoms with Gasteiger partial charge in [-0.25, -0.2) is 9.97 Å². The molecule has 0 saturated carbocycles. The Bertz CT molecular complexity index is 990. The smallest absolute Gasteiger partial charge is 0.221 e. The third-order valence-electron chi connectivity index (χ3n) is 3.87. The van der Waals surface area contributed by atoms with E-state index in [1.165, 1.54) is 0 Å². The summed E-state index contributed by atoms with van der Waals surface area (Å²) in [5.41, 5.74) is 11.4. The Hall–Kier alpha value is -3.08. The van der Waals surface area contributed by atoms with E-state index in [0.29, 0.717) is 5.69 Å². The standard InChI is InChI=1S/C20H15N5.Cu/c21-20-24-18(13-19(25-20)17-3-1-2-10-23-17)16-6-4-14(5-7-16)15-8-11-22-12-9-15;/h1-13H,(H2,21,24,25);. The monoisotopic (exact) mass is 388 g/mol. The first-order chi connectivity index (χ1) is 12.3. The van der Waals surface area contributed by atoms with E-state index in [1.54, 1.807) is 18.6 Å². The van der Waals surface area contributed by atoms with Crippen molar-refractivity contribution in [3.8, 4) is 33.8 Å². The molecule has 1 aromatic carbocycles. The number of hydrogen-bond acceptors (Lipinski definition) is 5. The molecule has 1 radical (unpaired) electrons. The van der Waals surface area contributed by atoms with Gasteiger partial charge in [0, 0.05) is 41.2 Å². The first-order valence-electron chi connectivity index (χ1n) is 7.86. The van der Waals surface area contributed by atoms with Crippen LogP contribution in [0.15, 0.2) is 79.3 Å². The van der Waals surface area contributed by atoms with Gasteiger partial charge in [-0.3, -0.25) is 9.97 Å². The van der Waals surface area contributed by atoms with Gasteiger partial charge in [0.25, 0.3) is 0 Å². The number of aromatic nitrogens is 4. The Labute approximate surface area is 161 Å². The molecule has 6 heteroatoms. The molecular weight excluding hydrogens is 374 g/mol. The van der Waals surface area contributed by atoms with Gasteiger partial charge in [0.05, 0.1) is 17.1 Å². The molecule has 5 nitrogen and oxygen atoms in total.